The van der Waals surface area contributed by atoms with Crippen molar-refractivity contribution in [1.29, 1.82) is 5.41 Å². The van der Waals surface area contributed by atoms with Crippen LogP contribution < -0.4 is 11.5 Å². The summed E-state index contributed by atoms with van der Waals surface area (Å²) in [6, 6.07) is 0. The molecule has 0 radical (unpaired) electrons. The Balaban J connectivity index is 3.52. The van der Waals surface area contributed by atoms with Crippen LogP contribution >= 0.6 is 11.8 Å². The van der Waals surface area contributed by atoms with Crippen molar-refractivity contribution in [2.24, 2.45) is 16.5 Å². The van der Waals surface area contributed by atoms with E-state index in [9.17, 15) is 0 Å². The molecule has 0 saturated heterocycles. The summed E-state index contributed by atoms with van der Waals surface area (Å²) in [7, 11) is 0. The lowest BCUT2D eigenvalue weighted by Gasteiger charge is -2.01. The molecule has 0 aromatic heterocycles. The summed E-state index contributed by atoms with van der Waals surface area (Å²) in [5, 5.41) is 16.2. The lowest BCUT2D eigenvalue weighted by molar-refractivity contribution is 0.192. The lowest BCUT2D eigenvalue weighted by atomic mass is 10.3. The summed E-state index contributed by atoms with van der Waals surface area (Å²) in [4.78, 5) is 3.51. The minimum atomic E-state index is -0.343. The van der Waals surface area contributed by atoms with Gasteiger partial charge in [0, 0.05) is 5.75 Å². The summed E-state index contributed by atoms with van der Waals surface area (Å²) in [6.45, 7) is 1.70. The number of guanidine groups is 1. The molecule has 0 fully saturated rings. The van der Waals surface area contributed by atoms with Gasteiger partial charge in [0.2, 0.25) is 0 Å². The zero-order valence-electron chi connectivity index (χ0n) is 6.95. The second kappa shape index (κ2) is 5.84. The number of aliphatic hydroxyl groups is 1. The SMILES string of the molecule is CC(O)CCSC(=N)N=C(N)N. The minimum Gasteiger partial charge on any atom is -0.393 e. The molecule has 1 unspecified atom stereocenters. The van der Waals surface area contributed by atoms with Crippen LogP contribution in [0.1, 0.15) is 13.3 Å². The smallest absolute Gasteiger partial charge is 0.193 e. The van der Waals surface area contributed by atoms with E-state index in [1.165, 1.54) is 11.8 Å². The van der Waals surface area contributed by atoms with Gasteiger partial charge in [0.25, 0.3) is 0 Å². The van der Waals surface area contributed by atoms with E-state index in [2.05, 4.69) is 4.99 Å². The number of nitrogens with two attached hydrogens (primary N) is 2. The molecular formula is C6H14N4OS. The van der Waals surface area contributed by atoms with E-state index in [0.717, 1.165) is 0 Å². The molecule has 70 valence electrons. The first-order chi connectivity index (χ1) is 5.52. The molecule has 6 N–H and O–H groups in total. The third-order valence-corrected chi connectivity index (χ3v) is 1.81. The Morgan fingerprint density at radius 2 is 2.25 bits per heavy atom. The molecule has 0 aliphatic rings. The summed E-state index contributed by atoms with van der Waals surface area (Å²) in [5.74, 6) is 0.539. The molecule has 1 atom stereocenters. The Hall–Kier alpha value is -0.750. The van der Waals surface area contributed by atoms with Gasteiger partial charge in [0.15, 0.2) is 11.1 Å². The highest BCUT2D eigenvalue weighted by Crippen LogP contribution is 2.06. The second-order valence-electron chi connectivity index (χ2n) is 2.33. The molecule has 0 aliphatic carbocycles. The number of aliphatic imine (C=N–C) groups is 1. The van der Waals surface area contributed by atoms with Gasteiger partial charge in [-0.15, -0.1) is 0 Å². The second-order valence-corrected chi connectivity index (χ2v) is 3.41. The Morgan fingerprint density at radius 1 is 1.67 bits per heavy atom. The number of amidine groups is 1. The molecule has 0 aliphatic heterocycles. The van der Waals surface area contributed by atoms with Gasteiger partial charge in [-0.1, -0.05) is 11.8 Å². The number of hydrogen-bond acceptors (Lipinski definition) is 3. The number of nitrogens with zero attached hydrogens (tertiary/aromatic N) is 1. The maximum Gasteiger partial charge on any atom is 0.193 e. The fourth-order valence-electron chi connectivity index (χ4n) is 0.476. The average molecular weight is 190 g/mol. The van der Waals surface area contributed by atoms with Crippen molar-refractivity contribution in [1.82, 2.24) is 0 Å². The molecule has 0 aromatic rings. The number of nitrogens with one attached hydrogen (secondary N) is 1. The zero-order valence-corrected chi connectivity index (χ0v) is 7.77. The average Bonchev–Trinajstić information content (AvgIpc) is 1.84. The third-order valence-electron chi connectivity index (χ3n) is 1.01. The molecule has 6 heteroatoms. The van der Waals surface area contributed by atoms with E-state index in [-0.39, 0.29) is 17.2 Å². The molecular weight excluding hydrogens is 176 g/mol. The van der Waals surface area contributed by atoms with Crippen molar-refractivity contribution in [3.8, 4) is 0 Å². The predicted molar refractivity (Wildman–Crippen MR) is 52.3 cm³/mol. The van der Waals surface area contributed by atoms with E-state index in [1.807, 2.05) is 0 Å². The molecule has 0 spiro atoms. The molecule has 0 bridgehead atoms. The molecule has 0 aromatic carbocycles. The molecule has 0 saturated carbocycles. The van der Waals surface area contributed by atoms with Gasteiger partial charge in [-0.2, -0.15) is 4.99 Å². The first kappa shape index (κ1) is 11.2. The molecule has 0 rings (SSSR count). The van der Waals surface area contributed by atoms with Crippen LogP contribution in [0, 0.1) is 5.41 Å². The monoisotopic (exact) mass is 190 g/mol. The topological polar surface area (TPSA) is 108 Å². The molecule has 0 heterocycles. The first-order valence-corrected chi connectivity index (χ1v) is 4.50. The van der Waals surface area contributed by atoms with Gasteiger partial charge < -0.3 is 16.6 Å². The van der Waals surface area contributed by atoms with Crippen LogP contribution in [-0.4, -0.2) is 28.1 Å². The predicted octanol–water partition coefficient (Wildman–Crippen LogP) is -0.301. The van der Waals surface area contributed by atoms with Crippen LogP contribution in [0.4, 0.5) is 0 Å². The van der Waals surface area contributed by atoms with Crippen LogP contribution in [-0.2, 0) is 0 Å². The minimum absolute atomic E-state index is 0.0793. The highest BCUT2D eigenvalue weighted by Gasteiger charge is 1.98. The van der Waals surface area contributed by atoms with E-state index in [0.29, 0.717) is 12.2 Å². The zero-order chi connectivity index (χ0) is 9.56. The van der Waals surface area contributed by atoms with Crippen molar-refractivity contribution in [3.05, 3.63) is 0 Å². The fourth-order valence-corrected chi connectivity index (χ4v) is 1.30. The summed E-state index contributed by atoms with van der Waals surface area (Å²) in [6.07, 6.45) is 0.289. The molecule has 0 amide bonds. The molecule has 5 nitrogen and oxygen atoms in total. The quantitative estimate of drug-likeness (QED) is 0.362. The Kier molecular flexibility index (Phi) is 5.48. The van der Waals surface area contributed by atoms with Gasteiger partial charge in [-0.3, -0.25) is 5.41 Å². The van der Waals surface area contributed by atoms with Crippen LogP contribution in [0.15, 0.2) is 4.99 Å². The van der Waals surface area contributed by atoms with Crippen molar-refractivity contribution in [3.63, 3.8) is 0 Å². The van der Waals surface area contributed by atoms with Crippen LogP contribution in [0.5, 0.6) is 0 Å². The number of rotatable bonds is 3. The van der Waals surface area contributed by atoms with Crippen molar-refractivity contribution in [2.75, 3.05) is 5.75 Å². The number of aliphatic hydroxyl groups excluding tert-OH is 1. The number of hydrogen-bond donors (Lipinski definition) is 4. The van der Waals surface area contributed by atoms with E-state index < -0.39 is 0 Å². The van der Waals surface area contributed by atoms with Crippen molar-refractivity contribution in [2.45, 2.75) is 19.4 Å². The van der Waals surface area contributed by atoms with E-state index >= 15 is 0 Å². The Morgan fingerprint density at radius 3 is 2.67 bits per heavy atom. The van der Waals surface area contributed by atoms with Gasteiger partial charge in [-0.05, 0) is 13.3 Å². The van der Waals surface area contributed by atoms with Gasteiger partial charge in [0.05, 0.1) is 6.10 Å². The van der Waals surface area contributed by atoms with Crippen molar-refractivity contribution >= 4 is 22.9 Å². The van der Waals surface area contributed by atoms with E-state index in [1.54, 1.807) is 6.92 Å². The highest BCUT2D eigenvalue weighted by molar-refractivity contribution is 8.13. The van der Waals surface area contributed by atoms with Crippen LogP contribution in [0.25, 0.3) is 0 Å². The van der Waals surface area contributed by atoms with Gasteiger partial charge >= 0.3 is 0 Å². The summed E-state index contributed by atoms with van der Waals surface area (Å²) >= 11 is 1.21. The largest absolute Gasteiger partial charge is 0.393 e. The van der Waals surface area contributed by atoms with Gasteiger partial charge in [-0.25, -0.2) is 0 Å². The first-order valence-electron chi connectivity index (χ1n) is 3.51. The number of thioether (sulfide) groups is 1. The molecule has 12 heavy (non-hydrogen) atoms. The Labute approximate surface area is 75.7 Å². The van der Waals surface area contributed by atoms with E-state index in [4.69, 9.17) is 22.0 Å². The summed E-state index contributed by atoms with van der Waals surface area (Å²) < 4.78 is 0. The maximum atomic E-state index is 8.88. The summed E-state index contributed by atoms with van der Waals surface area (Å²) in [5.41, 5.74) is 10.1. The Bertz CT molecular complexity index is 176. The van der Waals surface area contributed by atoms with Gasteiger partial charge in [0.1, 0.15) is 0 Å². The van der Waals surface area contributed by atoms with Crippen LogP contribution in [0.3, 0.4) is 0 Å². The lowest BCUT2D eigenvalue weighted by Crippen LogP contribution is -2.23. The highest BCUT2D eigenvalue weighted by atomic mass is 32.2. The van der Waals surface area contributed by atoms with Crippen molar-refractivity contribution < 1.29 is 5.11 Å². The normalized spacial score (nSPS) is 12.2. The maximum absolute atomic E-state index is 8.88. The van der Waals surface area contributed by atoms with Crippen LogP contribution in [0.2, 0.25) is 0 Å². The standard InChI is InChI=1S/C6H14N4OS/c1-4(11)2-3-12-6(9)10-5(7)8/h4,11H,2-3H2,1H3,(H5,7,8,9,10). The fraction of sp³-hybridized carbons (Fsp3) is 0.667. The third kappa shape index (κ3) is 7.36.